The fraction of sp³-hybridized carbons (Fsp3) is 0.167. The van der Waals surface area contributed by atoms with Crippen LogP contribution in [0.15, 0.2) is 29.1 Å². The summed E-state index contributed by atoms with van der Waals surface area (Å²) in [7, 11) is 0. The number of rotatable bonds is 1. The fourth-order valence-electron chi connectivity index (χ4n) is 1.85. The van der Waals surface area contributed by atoms with Gasteiger partial charge in [-0.15, -0.1) is 0 Å². The largest absolute Gasteiger partial charge is 0.443 e. The number of aromatic amines is 1. The highest BCUT2D eigenvalue weighted by molar-refractivity contribution is 5.90. The zero-order valence-corrected chi connectivity index (χ0v) is 9.11. The molecule has 0 aliphatic rings. The van der Waals surface area contributed by atoms with Gasteiger partial charge in [-0.25, -0.2) is 9.97 Å². The summed E-state index contributed by atoms with van der Waals surface area (Å²) in [6, 6.07) is 4.06. The number of nitrogens with one attached hydrogen (secondary N) is 1. The van der Waals surface area contributed by atoms with Gasteiger partial charge < -0.3 is 9.40 Å². The third kappa shape index (κ3) is 1.23. The van der Waals surface area contributed by atoms with E-state index in [0.29, 0.717) is 0 Å². The summed E-state index contributed by atoms with van der Waals surface area (Å²) in [6.45, 7) is 3.95. The molecule has 0 aliphatic carbocycles. The van der Waals surface area contributed by atoms with Gasteiger partial charge in [-0.2, -0.15) is 0 Å². The number of hydrogen-bond acceptors (Lipinski definition) is 3. The van der Waals surface area contributed by atoms with E-state index in [1.165, 1.54) is 6.39 Å². The Hall–Kier alpha value is -2.10. The molecule has 4 nitrogen and oxygen atoms in total. The van der Waals surface area contributed by atoms with Crippen LogP contribution in [0, 0.1) is 13.8 Å². The summed E-state index contributed by atoms with van der Waals surface area (Å²) in [5, 5.41) is 0. The summed E-state index contributed by atoms with van der Waals surface area (Å²) in [5.41, 5.74) is 4.79. The highest BCUT2D eigenvalue weighted by Gasteiger charge is 2.11. The highest BCUT2D eigenvalue weighted by atomic mass is 16.3. The van der Waals surface area contributed by atoms with Crippen LogP contribution < -0.4 is 0 Å². The fourth-order valence-corrected chi connectivity index (χ4v) is 1.85. The summed E-state index contributed by atoms with van der Waals surface area (Å²) in [4.78, 5) is 11.6. The van der Waals surface area contributed by atoms with Crippen molar-refractivity contribution in [2.45, 2.75) is 13.8 Å². The SMILES string of the molecule is Cc1ncc(-c2ccc(C)c3ncoc23)[nH]1. The van der Waals surface area contributed by atoms with Crippen LogP contribution in [0.5, 0.6) is 0 Å². The van der Waals surface area contributed by atoms with Crippen molar-refractivity contribution in [3.63, 3.8) is 0 Å². The molecular weight excluding hydrogens is 202 g/mol. The normalized spacial score (nSPS) is 11.1. The lowest BCUT2D eigenvalue weighted by Crippen LogP contribution is -1.82. The Morgan fingerprint density at radius 2 is 2.06 bits per heavy atom. The Kier molecular flexibility index (Phi) is 1.83. The van der Waals surface area contributed by atoms with Gasteiger partial charge in [-0.1, -0.05) is 6.07 Å². The Morgan fingerprint density at radius 1 is 1.19 bits per heavy atom. The summed E-state index contributed by atoms with van der Waals surface area (Å²) in [5.74, 6) is 0.892. The van der Waals surface area contributed by atoms with Gasteiger partial charge in [0.25, 0.3) is 0 Å². The van der Waals surface area contributed by atoms with Gasteiger partial charge in [-0.3, -0.25) is 0 Å². The van der Waals surface area contributed by atoms with Crippen LogP contribution >= 0.6 is 0 Å². The molecule has 2 aromatic heterocycles. The quantitative estimate of drug-likeness (QED) is 0.676. The maximum Gasteiger partial charge on any atom is 0.182 e. The number of benzene rings is 1. The van der Waals surface area contributed by atoms with Gasteiger partial charge in [0.15, 0.2) is 12.0 Å². The first-order valence-electron chi connectivity index (χ1n) is 5.10. The molecule has 0 radical (unpaired) electrons. The average molecular weight is 213 g/mol. The molecule has 4 heteroatoms. The van der Waals surface area contributed by atoms with E-state index in [-0.39, 0.29) is 0 Å². The Bertz CT molecular complexity index is 651. The maximum absolute atomic E-state index is 5.43. The van der Waals surface area contributed by atoms with Gasteiger partial charge in [0.1, 0.15) is 11.3 Å². The predicted octanol–water partition coefficient (Wildman–Crippen LogP) is 2.83. The Morgan fingerprint density at radius 3 is 2.81 bits per heavy atom. The zero-order chi connectivity index (χ0) is 11.1. The van der Waals surface area contributed by atoms with Crippen LogP contribution in [0.2, 0.25) is 0 Å². The standard InChI is InChI=1S/C12H11N3O/c1-7-3-4-9(10-5-13-8(2)15-10)12-11(7)14-6-16-12/h3-6H,1-2H3,(H,13,15). The number of aryl methyl sites for hydroxylation is 2. The second kappa shape index (κ2) is 3.20. The van der Waals surface area contributed by atoms with Gasteiger partial charge >= 0.3 is 0 Å². The number of hydrogen-bond donors (Lipinski definition) is 1. The summed E-state index contributed by atoms with van der Waals surface area (Å²) < 4.78 is 5.43. The molecule has 2 heterocycles. The molecule has 1 N–H and O–H groups in total. The topological polar surface area (TPSA) is 54.7 Å². The molecule has 1 aromatic carbocycles. The van der Waals surface area contributed by atoms with E-state index in [4.69, 9.17) is 4.42 Å². The third-order valence-corrected chi connectivity index (χ3v) is 2.68. The monoisotopic (exact) mass is 213 g/mol. The summed E-state index contributed by atoms with van der Waals surface area (Å²) in [6.07, 6.45) is 3.28. The van der Waals surface area contributed by atoms with Crippen molar-refractivity contribution in [1.29, 1.82) is 0 Å². The molecule has 80 valence electrons. The van der Waals surface area contributed by atoms with Crippen molar-refractivity contribution in [2.75, 3.05) is 0 Å². The van der Waals surface area contributed by atoms with Crippen molar-refractivity contribution in [3.8, 4) is 11.3 Å². The van der Waals surface area contributed by atoms with E-state index in [0.717, 1.165) is 33.7 Å². The van der Waals surface area contributed by atoms with Crippen LogP contribution in [0.1, 0.15) is 11.4 Å². The highest BCUT2D eigenvalue weighted by Crippen LogP contribution is 2.28. The molecule has 3 aromatic rings. The second-order valence-corrected chi connectivity index (χ2v) is 3.84. The molecule has 0 atom stereocenters. The molecule has 0 saturated carbocycles. The van der Waals surface area contributed by atoms with Gasteiger partial charge in [0.05, 0.1) is 11.9 Å². The summed E-state index contributed by atoms with van der Waals surface area (Å²) >= 11 is 0. The first kappa shape index (κ1) is 9.15. The minimum Gasteiger partial charge on any atom is -0.443 e. The number of aromatic nitrogens is 3. The molecular formula is C12H11N3O. The van der Waals surface area contributed by atoms with E-state index in [1.54, 1.807) is 0 Å². The third-order valence-electron chi connectivity index (χ3n) is 2.68. The van der Waals surface area contributed by atoms with E-state index in [9.17, 15) is 0 Å². The average Bonchev–Trinajstić information content (AvgIpc) is 2.87. The van der Waals surface area contributed by atoms with Crippen LogP contribution in [0.4, 0.5) is 0 Å². The number of nitrogens with zero attached hydrogens (tertiary/aromatic N) is 2. The smallest absolute Gasteiger partial charge is 0.182 e. The molecule has 0 bridgehead atoms. The van der Waals surface area contributed by atoms with Gasteiger partial charge in [0.2, 0.25) is 0 Å². The van der Waals surface area contributed by atoms with Crippen molar-refractivity contribution in [2.24, 2.45) is 0 Å². The molecule has 0 aliphatic heterocycles. The molecule has 0 unspecified atom stereocenters. The lowest BCUT2D eigenvalue weighted by atomic mass is 10.1. The molecule has 0 saturated heterocycles. The number of fused-ring (bicyclic) bond motifs is 1. The van der Waals surface area contributed by atoms with Crippen molar-refractivity contribution in [1.82, 2.24) is 15.0 Å². The van der Waals surface area contributed by atoms with Gasteiger partial charge in [0, 0.05) is 5.56 Å². The van der Waals surface area contributed by atoms with Gasteiger partial charge in [-0.05, 0) is 25.5 Å². The zero-order valence-electron chi connectivity index (χ0n) is 9.11. The lowest BCUT2D eigenvalue weighted by Gasteiger charge is -2.00. The van der Waals surface area contributed by atoms with Crippen LogP contribution in [-0.4, -0.2) is 15.0 Å². The molecule has 3 rings (SSSR count). The van der Waals surface area contributed by atoms with Crippen molar-refractivity contribution < 1.29 is 4.42 Å². The molecule has 0 spiro atoms. The van der Waals surface area contributed by atoms with Crippen LogP contribution in [0.3, 0.4) is 0 Å². The van der Waals surface area contributed by atoms with Crippen LogP contribution in [0.25, 0.3) is 22.4 Å². The lowest BCUT2D eigenvalue weighted by molar-refractivity contribution is 0.603. The van der Waals surface area contributed by atoms with E-state index >= 15 is 0 Å². The Labute approximate surface area is 92.3 Å². The second-order valence-electron chi connectivity index (χ2n) is 3.84. The van der Waals surface area contributed by atoms with E-state index in [1.807, 2.05) is 32.2 Å². The molecule has 16 heavy (non-hydrogen) atoms. The maximum atomic E-state index is 5.43. The number of imidazole rings is 1. The molecule has 0 amide bonds. The minimum atomic E-state index is 0.809. The van der Waals surface area contributed by atoms with E-state index in [2.05, 4.69) is 15.0 Å². The first-order valence-corrected chi connectivity index (χ1v) is 5.10. The first-order chi connectivity index (χ1) is 7.75. The van der Waals surface area contributed by atoms with Crippen molar-refractivity contribution in [3.05, 3.63) is 36.1 Å². The predicted molar refractivity (Wildman–Crippen MR) is 61.1 cm³/mol. The number of oxazole rings is 1. The number of H-pyrrole nitrogens is 1. The Balaban J connectivity index is 2.32. The van der Waals surface area contributed by atoms with Crippen molar-refractivity contribution >= 4 is 11.1 Å². The molecule has 0 fully saturated rings. The minimum absolute atomic E-state index is 0.809. The van der Waals surface area contributed by atoms with E-state index < -0.39 is 0 Å². The van der Waals surface area contributed by atoms with Crippen LogP contribution in [-0.2, 0) is 0 Å².